The van der Waals surface area contributed by atoms with E-state index in [9.17, 15) is 8.78 Å². The topological polar surface area (TPSA) is 21.3 Å². The average molecular weight is 271 g/mol. The molecule has 1 aromatic rings. The molecule has 2 nitrogen and oxygen atoms in total. The number of rotatable bonds is 6. The molecule has 0 amide bonds. The number of aryl methyl sites for hydroxylation is 1. The zero-order valence-corrected chi connectivity index (χ0v) is 12.3. The van der Waals surface area contributed by atoms with E-state index in [1.165, 1.54) is 12.1 Å². The molecule has 1 unspecified atom stereocenters. The van der Waals surface area contributed by atoms with Crippen LogP contribution in [0.5, 0.6) is 0 Å². The minimum Gasteiger partial charge on any atom is -0.376 e. The molecule has 0 bridgehead atoms. The normalized spacial score (nSPS) is 13.6. The van der Waals surface area contributed by atoms with Crippen molar-refractivity contribution in [3.05, 3.63) is 34.9 Å². The Hall–Kier alpha value is -1.00. The molecule has 4 heteroatoms. The maximum absolute atomic E-state index is 14.3. The smallest absolute Gasteiger partial charge is 0.133 e. The summed E-state index contributed by atoms with van der Waals surface area (Å²) in [5.74, 6) is -1.03. The van der Waals surface area contributed by atoms with Gasteiger partial charge >= 0.3 is 0 Å². The summed E-state index contributed by atoms with van der Waals surface area (Å²) in [4.78, 5) is 0. The Labute approximate surface area is 114 Å². The van der Waals surface area contributed by atoms with Gasteiger partial charge in [0.05, 0.1) is 11.6 Å². The Morgan fingerprint density at radius 3 is 2.26 bits per heavy atom. The van der Waals surface area contributed by atoms with Crippen LogP contribution in [-0.2, 0) is 4.74 Å². The molecule has 1 atom stereocenters. The zero-order valence-electron chi connectivity index (χ0n) is 12.3. The molecule has 0 aromatic heterocycles. The van der Waals surface area contributed by atoms with Gasteiger partial charge in [0.25, 0.3) is 0 Å². The quantitative estimate of drug-likeness (QED) is 0.851. The highest BCUT2D eigenvalue weighted by Crippen LogP contribution is 2.37. The number of methoxy groups -OCH3 is 1. The zero-order chi connectivity index (χ0) is 14.6. The van der Waals surface area contributed by atoms with Crippen molar-refractivity contribution in [1.82, 2.24) is 5.32 Å². The molecule has 0 aliphatic rings. The molecule has 1 rings (SSSR count). The first-order valence-corrected chi connectivity index (χ1v) is 6.64. The van der Waals surface area contributed by atoms with E-state index in [0.29, 0.717) is 18.4 Å². The van der Waals surface area contributed by atoms with Crippen molar-refractivity contribution in [2.75, 3.05) is 14.2 Å². The van der Waals surface area contributed by atoms with Crippen LogP contribution < -0.4 is 5.32 Å². The summed E-state index contributed by atoms with van der Waals surface area (Å²) in [6.45, 7) is 5.56. The lowest BCUT2D eigenvalue weighted by Crippen LogP contribution is -2.44. The van der Waals surface area contributed by atoms with Crippen LogP contribution in [0.3, 0.4) is 0 Å². The first-order chi connectivity index (χ1) is 8.97. The van der Waals surface area contributed by atoms with Gasteiger partial charge in [-0.3, -0.25) is 0 Å². The molecule has 108 valence electrons. The van der Waals surface area contributed by atoms with E-state index < -0.39 is 23.3 Å². The van der Waals surface area contributed by atoms with Gasteiger partial charge in [-0.1, -0.05) is 19.9 Å². The number of hydrogen-bond donors (Lipinski definition) is 1. The van der Waals surface area contributed by atoms with Gasteiger partial charge in [-0.25, -0.2) is 8.78 Å². The van der Waals surface area contributed by atoms with Gasteiger partial charge in [0, 0.05) is 12.7 Å². The minimum atomic E-state index is -0.621. The molecule has 0 saturated carbocycles. The summed E-state index contributed by atoms with van der Waals surface area (Å²) in [6, 6.07) is 2.24. The van der Waals surface area contributed by atoms with E-state index in [1.807, 2.05) is 13.8 Å². The van der Waals surface area contributed by atoms with E-state index in [2.05, 4.69) is 5.32 Å². The fourth-order valence-corrected chi connectivity index (χ4v) is 2.68. The van der Waals surface area contributed by atoms with Gasteiger partial charge in [-0.2, -0.15) is 0 Å². The van der Waals surface area contributed by atoms with Gasteiger partial charge < -0.3 is 10.1 Å². The van der Waals surface area contributed by atoms with E-state index in [1.54, 1.807) is 21.1 Å². The number of hydrogen-bond acceptors (Lipinski definition) is 2. The monoisotopic (exact) mass is 271 g/mol. The minimum absolute atomic E-state index is 0.0630. The predicted octanol–water partition coefficient (Wildman–Crippen LogP) is 3.74. The Morgan fingerprint density at radius 1 is 1.26 bits per heavy atom. The molecular formula is C15H23F2NO. The lowest BCUT2D eigenvalue weighted by molar-refractivity contribution is -0.0484. The second kappa shape index (κ2) is 6.44. The average Bonchev–Trinajstić information content (AvgIpc) is 2.43. The number of halogens is 2. The third-order valence-electron chi connectivity index (χ3n) is 4.03. The van der Waals surface area contributed by atoms with E-state index in [0.717, 1.165) is 0 Å². The van der Waals surface area contributed by atoms with Crippen LogP contribution in [0.4, 0.5) is 8.78 Å². The molecule has 0 aliphatic carbocycles. The fraction of sp³-hybridized carbons (Fsp3) is 0.600. The van der Waals surface area contributed by atoms with Crippen LogP contribution in [0.1, 0.15) is 43.9 Å². The summed E-state index contributed by atoms with van der Waals surface area (Å²) in [6.07, 6.45) is 1.33. The van der Waals surface area contributed by atoms with Gasteiger partial charge in [-0.15, -0.1) is 0 Å². The molecule has 1 N–H and O–H groups in total. The third kappa shape index (κ3) is 2.79. The summed E-state index contributed by atoms with van der Waals surface area (Å²) < 4.78 is 34.0. The van der Waals surface area contributed by atoms with E-state index in [4.69, 9.17) is 4.74 Å². The van der Waals surface area contributed by atoms with Crippen LogP contribution in [0.2, 0.25) is 0 Å². The molecule has 0 heterocycles. The van der Waals surface area contributed by atoms with Crippen LogP contribution >= 0.6 is 0 Å². The van der Waals surface area contributed by atoms with Crippen molar-refractivity contribution in [2.24, 2.45) is 0 Å². The van der Waals surface area contributed by atoms with Crippen molar-refractivity contribution < 1.29 is 13.5 Å². The molecule has 0 aliphatic heterocycles. The number of ether oxygens (including phenoxy) is 1. The first kappa shape index (κ1) is 16.1. The van der Waals surface area contributed by atoms with Crippen molar-refractivity contribution in [3.63, 3.8) is 0 Å². The largest absolute Gasteiger partial charge is 0.376 e. The maximum Gasteiger partial charge on any atom is 0.133 e. The summed E-state index contributed by atoms with van der Waals surface area (Å²) in [5.41, 5.74) is -0.119. The van der Waals surface area contributed by atoms with E-state index in [-0.39, 0.29) is 5.56 Å². The fourth-order valence-electron chi connectivity index (χ4n) is 2.68. The summed E-state index contributed by atoms with van der Waals surface area (Å²) in [5, 5.41) is 3.02. The van der Waals surface area contributed by atoms with Crippen molar-refractivity contribution >= 4 is 0 Å². The molecule has 0 saturated heterocycles. The van der Waals surface area contributed by atoms with Crippen molar-refractivity contribution in [3.8, 4) is 0 Å². The Balaban J connectivity index is 3.42. The van der Waals surface area contributed by atoms with Gasteiger partial charge in [0.1, 0.15) is 11.6 Å². The second-order valence-corrected chi connectivity index (χ2v) is 4.79. The van der Waals surface area contributed by atoms with Gasteiger partial charge in [0.15, 0.2) is 0 Å². The Bertz CT molecular complexity index is 422. The highest BCUT2D eigenvalue weighted by atomic mass is 19.1. The summed E-state index contributed by atoms with van der Waals surface area (Å²) >= 11 is 0. The second-order valence-electron chi connectivity index (χ2n) is 4.79. The first-order valence-electron chi connectivity index (χ1n) is 6.64. The number of nitrogens with one attached hydrogen (secondary N) is 1. The molecule has 0 spiro atoms. The predicted molar refractivity (Wildman–Crippen MR) is 73.2 cm³/mol. The maximum atomic E-state index is 14.3. The van der Waals surface area contributed by atoms with Gasteiger partial charge in [0.2, 0.25) is 0 Å². The number of benzene rings is 1. The highest BCUT2D eigenvalue weighted by molar-refractivity contribution is 5.31. The van der Waals surface area contributed by atoms with Crippen LogP contribution in [0.25, 0.3) is 0 Å². The van der Waals surface area contributed by atoms with Crippen LogP contribution in [0, 0.1) is 18.6 Å². The SMILES string of the molecule is CCC(CC)(OC)C(NC)c1c(F)ccc(C)c1F. The Morgan fingerprint density at radius 2 is 1.84 bits per heavy atom. The lowest BCUT2D eigenvalue weighted by Gasteiger charge is -2.39. The molecule has 19 heavy (non-hydrogen) atoms. The van der Waals surface area contributed by atoms with Crippen LogP contribution in [-0.4, -0.2) is 19.8 Å². The third-order valence-corrected chi connectivity index (χ3v) is 4.03. The molecule has 0 fully saturated rings. The molecular weight excluding hydrogens is 248 g/mol. The Kier molecular flexibility index (Phi) is 5.44. The molecule has 0 radical (unpaired) electrons. The summed E-state index contributed by atoms with van der Waals surface area (Å²) in [7, 11) is 3.29. The van der Waals surface area contributed by atoms with Crippen molar-refractivity contribution in [2.45, 2.75) is 45.3 Å². The number of likely N-dealkylation sites (N-methyl/N-ethyl adjacent to an activating group) is 1. The highest BCUT2D eigenvalue weighted by Gasteiger charge is 2.39. The standard InChI is InChI=1S/C15H23F2NO/c1-6-15(7-2,19-5)14(18-4)12-11(16)9-8-10(3)13(12)17/h8-9,14,18H,6-7H2,1-5H3. The van der Waals surface area contributed by atoms with E-state index >= 15 is 0 Å². The van der Waals surface area contributed by atoms with Gasteiger partial charge in [-0.05, 0) is 38.4 Å². The van der Waals surface area contributed by atoms with Crippen molar-refractivity contribution in [1.29, 1.82) is 0 Å². The molecule has 1 aromatic carbocycles. The van der Waals surface area contributed by atoms with Crippen LogP contribution in [0.15, 0.2) is 12.1 Å². The lowest BCUT2D eigenvalue weighted by atomic mass is 9.83.